The van der Waals surface area contributed by atoms with Crippen LogP contribution in [0.25, 0.3) is 0 Å². The molecule has 0 aliphatic heterocycles. The quantitative estimate of drug-likeness (QED) is 0.877. The number of aromatic nitrogens is 3. The van der Waals surface area contributed by atoms with E-state index in [1.807, 2.05) is 0 Å². The predicted octanol–water partition coefficient (Wildman–Crippen LogP) is 0.930. The standard InChI is InChI=1S/C12H12ClN5O2/c1-14-11(19)7-18-6-8(4-16-18)17-12(20)9-2-3-15-5-10(9)13/h2-6H,7H2,1H3,(H,14,19)(H,17,20). The monoisotopic (exact) mass is 293 g/mol. The maximum absolute atomic E-state index is 12.0. The van der Waals surface area contributed by atoms with Gasteiger partial charge in [0.15, 0.2) is 0 Å². The molecule has 2 rings (SSSR count). The highest BCUT2D eigenvalue weighted by molar-refractivity contribution is 6.34. The normalized spacial score (nSPS) is 10.1. The molecule has 0 aliphatic carbocycles. The molecule has 0 aromatic carbocycles. The summed E-state index contributed by atoms with van der Waals surface area (Å²) in [6.07, 6.45) is 5.89. The van der Waals surface area contributed by atoms with Crippen molar-refractivity contribution in [2.24, 2.45) is 0 Å². The van der Waals surface area contributed by atoms with Crippen LogP contribution in [0.4, 0.5) is 5.69 Å². The molecule has 2 amide bonds. The lowest BCUT2D eigenvalue weighted by Crippen LogP contribution is -2.23. The first-order valence-corrected chi connectivity index (χ1v) is 6.12. The minimum atomic E-state index is -0.364. The molecule has 0 saturated heterocycles. The maximum atomic E-state index is 12.0. The molecule has 0 atom stereocenters. The fourth-order valence-electron chi connectivity index (χ4n) is 1.50. The minimum absolute atomic E-state index is 0.0857. The first-order chi connectivity index (χ1) is 9.60. The van der Waals surface area contributed by atoms with Crippen LogP contribution in [0.5, 0.6) is 0 Å². The summed E-state index contributed by atoms with van der Waals surface area (Å²) < 4.78 is 1.42. The van der Waals surface area contributed by atoms with Gasteiger partial charge in [-0.2, -0.15) is 5.10 Å². The predicted molar refractivity (Wildman–Crippen MR) is 73.5 cm³/mol. The Hall–Kier alpha value is -2.41. The van der Waals surface area contributed by atoms with Gasteiger partial charge in [0, 0.05) is 25.6 Å². The Bertz CT molecular complexity index is 640. The van der Waals surface area contributed by atoms with Crippen molar-refractivity contribution in [1.82, 2.24) is 20.1 Å². The number of pyridine rings is 1. The molecular weight excluding hydrogens is 282 g/mol. The van der Waals surface area contributed by atoms with Gasteiger partial charge < -0.3 is 10.6 Å². The number of hydrogen-bond acceptors (Lipinski definition) is 4. The van der Waals surface area contributed by atoms with E-state index < -0.39 is 0 Å². The zero-order valence-electron chi connectivity index (χ0n) is 10.6. The van der Waals surface area contributed by atoms with Crippen molar-refractivity contribution in [3.63, 3.8) is 0 Å². The van der Waals surface area contributed by atoms with E-state index in [0.717, 1.165) is 0 Å². The maximum Gasteiger partial charge on any atom is 0.257 e. The Morgan fingerprint density at radius 3 is 2.90 bits per heavy atom. The van der Waals surface area contributed by atoms with Crippen molar-refractivity contribution in [3.05, 3.63) is 41.4 Å². The number of nitrogens with zero attached hydrogens (tertiary/aromatic N) is 3. The number of nitrogens with one attached hydrogen (secondary N) is 2. The first-order valence-electron chi connectivity index (χ1n) is 5.74. The van der Waals surface area contributed by atoms with Gasteiger partial charge in [-0.15, -0.1) is 0 Å². The Balaban J connectivity index is 2.05. The third-order valence-corrected chi connectivity index (χ3v) is 2.79. The van der Waals surface area contributed by atoms with Crippen molar-refractivity contribution in [1.29, 1.82) is 0 Å². The summed E-state index contributed by atoms with van der Waals surface area (Å²) >= 11 is 5.88. The molecule has 2 heterocycles. The first kappa shape index (κ1) is 14.0. The summed E-state index contributed by atoms with van der Waals surface area (Å²) in [5.74, 6) is -0.542. The second-order valence-corrected chi connectivity index (χ2v) is 4.32. The van der Waals surface area contributed by atoms with Crippen molar-refractivity contribution in [3.8, 4) is 0 Å². The molecule has 2 N–H and O–H groups in total. The van der Waals surface area contributed by atoms with E-state index in [-0.39, 0.29) is 23.4 Å². The smallest absolute Gasteiger partial charge is 0.257 e. The summed E-state index contributed by atoms with van der Waals surface area (Å²) in [5, 5.41) is 9.37. The van der Waals surface area contributed by atoms with Gasteiger partial charge >= 0.3 is 0 Å². The molecule has 20 heavy (non-hydrogen) atoms. The third-order valence-electron chi connectivity index (χ3n) is 2.49. The van der Waals surface area contributed by atoms with Crippen LogP contribution in [0.3, 0.4) is 0 Å². The number of carbonyl (C=O) groups is 2. The van der Waals surface area contributed by atoms with Crippen molar-refractivity contribution < 1.29 is 9.59 Å². The van der Waals surface area contributed by atoms with E-state index in [1.54, 1.807) is 13.2 Å². The molecule has 2 aromatic rings. The highest BCUT2D eigenvalue weighted by atomic mass is 35.5. The van der Waals surface area contributed by atoms with Crippen LogP contribution in [0, 0.1) is 0 Å². The summed E-state index contributed by atoms with van der Waals surface area (Å²) in [7, 11) is 1.54. The van der Waals surface area contributed by atoms with Gasteiger partial charge in [-0.05, 0) is 6.07 Å². The van der Waals surface area contributed by atoms with Crippen LogP contribution < -0.4 is 10.6 Å². The summed E-state index contributed by atoms with van der Waals surface area (Å²) in [4.78, 5) is 27.0. The summed E-state index contributed by atoms with van der Waals surface area (Å²) in [6, 6.07) is 1.52. The van der Waals surface area contributed by atoms with Crippen LogP contribution in [-0.2, 0) is 11.3 Å². The number of halogens is 1. The molecule has 0 aliphatic rings. The van der Waals surface area contributed by atoms with Crippen molar-refractivity contribution in [2.45, 2.75) is 6.54 Å². The number of anilines is 1. The van der Waals surface area contributed by atoms with Crippen LogP contribution >= 0.6 is 11.6 Å². The van der Waals surface area contributed by atoms with Gasteiger partial charge in [0.1, 0.15) is 6.54 Å². The molecule has 0 radical (unpaired) electrons. The number of amides is 2. The van der Waals surface area contributed by atoms with E-state index in [9.17, 15) is 9.59 Å². The number of rotatable bonds is 4. The fraction of sp³-hybridized carbons (Fsp3) is 0.167. The van der Waals surface area contributed by atoms with Crippen LogP contribution in [-0.4, -0.2) is 33.6 Å². The van der Waals surface area contributed by atoms with Gasteiger partial charge in [-0.25, -0.2) is 0 Å². The van der Waals surface area contributed by atoms with Crippen molar-refractivity contribution >= 4 is 29.1 Å². The molecule has 0 fully saturated rings. The van der Waals surface area contributed by atoms with Gasteiger partial charge in [0.25, 0.3) is 5.91 Å². The zero-order valence-corrected chi connectivity index (χ0v) is 11.4. The number of hydrogen-bond donors (Lipinski definition) is 2. The Morgan fingerprint density at radius 2 is 2.20 bits per heavy atom. The second-order valence-electron chi connectivity index (χ2n) is 3.91. The van der Waals surface area contributed by atoms with Gasteiger partial charge in [0.05, 0.1) is 22.5 Å². The zero-order chi connectivity index (χ0) is 14.5. The molecule has 7 nitrogen and oxygen atoms in total. The molecular formula is C12H12ClN5O2. The van der Waals surface area contributed by atoms with Gasteiger partial charge in [-0.1, -0.05) is 11.6 Å². The SMILES string of the molecule is CNC(=O)Cn1cc(NC(=O)c2ccncc2Cl)cn1. The number of likely N-dealkylation sites (N-methyl/N-ethyl adjacent to an activating group) is 1. The van der Waals surface area contributed by atoms with Gasteiger partial charge in [0.2, 0.25) is 5.91 Å². The third kappa shape index (κ3) is 3.33. The van der Waals surface area contributed by atoms with Gasteiger partial charge in [-0.3, -0.25) is 19.3 Å². The topological polar surface area (TPSA) is 88.9 Å². The van der Waals surface area contributed by atoms with Crippen LogP contribution in [0.15, 0.2) is 30.9 Å². The molecule has 0 spiro atoms. The Labute approximate surface area is 120 Å². The Morgan fingerprint density at radius 1 is 1.40 bits per heavy atom. The molecule has 2 aromatic heterocycles. The van der Waals surface area contributed by atoms with E-state index in [2.05, 4.69) is 20.7 Å². The summed E-state index contributed by atoms with van der Waals surface area (Å²) in [5.41, 5.74) is 0.799. The lowest BCUT2D eigenvalue weighted by molar-refractivity contribution is -0.121. The van der Waals surface area contributed by atoms with E-state index in [1.165, 1.54) is 29.3 Å². The molecule has 104 valence electrons. The number of carbonyl (C=O) groups excluding carboxylic acids is 2. The lowest BCUT2D eigenvalue weighted by Gasteiger charge is -2.03. The molecule has 0 unspecified atom stereocenters. The van der Waals surface area contributed by atoms with Crippen LogP contribution in [0.2, 0.25) is 5.02 Å². The molecule has 8 heteroatoms. The van der Waals surface area contributed by atoms with Crippen LogP contribution in [0.1, 0.15) is 10.4 Å². The lowest BCUT2D eigenvalue weighted by atomic mass is 10.2. The second kappa shape index (κ2) is 6.16. The average Bonchev–Trinajstić information content (AvgIpc) is 2.86. The van der Waals surface area contributed by atoms with E-state index >= 15 is 0 Å². The Kier molecular flexibility index (Phi) is 4.31. The molecule has 0 saturated carbocycles. The van der Waals surface area contributed by atoms with E-state index in [0.29, 0.717) is 11.3 Å². The van der Waals surface area contributed by atoms with Crippen molar-refractivity contribution in [2.75, 3.05) is 12.4 Å². The fourth-order valence-corrected chi connectivity index (χ4v) is 1.70. The largest absolute Gasteiger partial charge is 0.358 e. The summed E-state index contributed by atoms with van der Waals surface area (Å²) in [6.45, 7) is 0.0857. The molecule has 0 bridgehead atoms. The minimum Gasteiger partial charge on any atom is -0.358 e. The average molecular weight is 294 g/mol. The van der Waals surface area contributed by atoms with E-state index in [4.69, 9.17) is 11.6 Å². The highest BCUT2D eigenvalue weighted by Crippen LogP contribution is 2.15. The highest BCUT2D eigenvalue weighted by Gasteiger charge is 2.11.